The summed E-state index contributed by atoms with van der Waals surface area (Å²) >= 11 is 0.757. The van der Waals surface area contributed by atoms with Crippen molar-refractivity contribution in [3.05, 3.63) is 153 Å². The Labute approximate surface area is 830 Å². The number of nitrogens with one attached hydrogen (secondary N) is 10. The molecular weight excluding hydrogens is 1890 g/mol. The number of ketones is 1. The number of imide groups is 1. The SMILES string of the molecule is CC(=O)[C@H](CCCN=C(N)N)NC(=O)[C@H](CC(=O)O)NC(=O)CC[C@@H](C)NC(=O)c1ccc(NCc2cnc3nc(N)[nH]c(=O)c3n2)cc1.CC[C@]1(O)C[C@H]2CN(CCc3c([nH]c4ccccc34)[C@@](C(=O)OC)(c3cc4c(cc3OC)N(C)[C@H]3[C@@](O)(C(=O)N/N=C(\C)c5ccc(N6C(=O)CC(SC[C@H](NC(=O)[C@H](CC(=O)O)NC(=O)[C@H](CC(=O)O)NC)C(=O)O)C6=O)cc5)[C@H](O)[C@]5(CC)C=CCN6CC[C@]43[C@@H]65)C2)C1. The number of aromatic amines is 2. The summed E-state index contributed by atoms with van der Waals surface area (Å²) in [6.07, 6.45) is 4.12. The predicted octanol–water partition coefficient (Wildman–Crippen LogP) is 0.637. The van der Waals surface area contributed by atoms with Crippen molar-refractivity contribution < 1.29 is 112 Å². The third-order valence-corrected chi connectivity index (χ3v) is 29.7. The van der Waals surface area contributed by atoms with Crippen LogP contribution in [-0.4, -0.2) is 309 Å². The molecular formula is C97H122N22O24S. The van der Waals surface area contributed by atoms with Crippen molar-refractivity contribution in [3.8, 4) is 5.75 Å². The zero-order valence-corrected chi connectivity index (χ0v) is 81.8. The number of carbonyl (C=O) groups is 14. The second-order valence-corrected chi connectivity index (χ2v) is 38.8. The number of hydrazone groups is 1. The second kappa shape index (κ2) is 44.6. The number of aromatic nitrogens is 5. The van der Waals surface area contributed by atoms with E-state index in [9.17, 15) is 93.0 Å². The fraction of sp³-hybridized carbons (Fsp3) is 0.485. The van der Waals surface area contributed by atoms with Crippen LogP contribution in [0, 0.1) is 11.3 Å². The molecule has 2 bridgehead atoms. The first-order valence-electron chi connectivity index (χ1n) is 47.2. The molecule has 1 saturated carbocycles. The van der Waals surface area contributed by atoms with E-state index in [-0.39, 0.29) is 97.3 Å². The summed E-state index contributed by atoms with van der Waals surface area (Å²) in [7, 11) is 6.00. The van der Waals surface area contributed by atoms with Gasteiger partial charge in [0.1, 0.15) is 35.4 Å². The molecule has 14 rings (SSSR count). The highest BCUT2D eigenvalue weighted by atomic mass is 32.2. The van der Waals surface area contributed by atoms with E-state index in [1.807, 2.05) is 61.2 Å². The fourth-order valence-corrected chi connectivity index (χ4v) is 22.7. The maximum atomic E-state index is 15.6. The minimum Gasteiger partial charge on any atom is -0.496 e. The molecule has 47 heteroatoms. The number of aliphatic imine (C=N–C) groups is 1. The first-order chi connectivity index (χ1) is 68.4. The van der Waals surface area contributed by atoms with Crippen molar-refractivity contribution in [3.63, 3.8) is 0 Å². The van der Waals surface area contributed by atoms with Gasteiger partial charge in [-0.05, 0) is 163 Å². The smallest absolute Gasteiger partial charge is 0.327 e. The third-order valence-electron chi connectivity index (χ3n) is 28.4. The highest BCUT2D eigenvalue weighted by molar-refractivity contribution is 8.00. The molecule has 4 fully saturated rings. The molecule has 46 nitrogen and oxygen atoms in total. The van der Waals surface area contributed by atoms with Crippen molar-refractivity contribution in [1.82, 2.24) is 72.0 Å². The van der Waals surface area contributed by atoms with Gasteiger partial charge in [-0.25, -0.2) is 25.1 Å². The number of methoxy groups -OCH3 is 2. The molecule has 23 N–H and O–H groups in total. The Morgan fingerprint density at radius 2 is 1.41 bits per heavy atom. The minimum absolute atomic E-state index is 0.0554. The number of hydrogen-bond donors (Lipinski definition) is 20. The van der Waals surface area contributed by atoms with E-state index in [0.717, 1.165) is 38.7 Å². The number of Topliss-reactive ketones (excluding diaryl/α,β-unsaturated/α-hetero) is 1. The van der Waals surface area contributed by atoms with E-state index in [4.69, 9.17) is 31.8 Å². The molecule has 144 heavy (non-hydrogen) atoms. The van der Waals surface area contributed by atoms with Gasteiger partial charge in [0.25, 0.3) is 17.4 Å². The van der Waals surface area contributed by atoms with Gasteiger partial charge in [0.15, 0.2) is 28.5 Å². The molecule has 4 aromatic carbocycles. The Morgan fingerprint density at radius 1 is 0.750 bits per heavy atom. The minimum atomic E-state index is -2.58. The summed E-state index contributed by atoms with van der Waals surface area (Å²) in [6, 6.07) is 15.2. The summed E-state index contributed by atoms with van der Waals surface area (Å²) in [5.74, 6) is -13.5. The fourth-order valence-electron chi connectivity index (χ4n) is 21.5. The number of nitrogens with zero attached hydrogens (tertiary/aromatic N) is 9. The number of ether oxygens (including phenoxy) is 2. The molecule has 6 aliphatic heterocycles. The van der Waals surface area contributed by atoms with Gasteiger partial charge in [-0.1, -0.05) is 56.3 Å². The monoisotopic (exact) mass is 2010 g/mol. The lowest BCUT2D eigenvalue weighted by Gasteiger charge is -2.63. The zero-order chi connectivity index (χ0) is 105. The van der Waals surface area contributed by atoms with Crippen molar-refractivity contribution in [2.75, 3.05) is 94.2 Å². The maximum absolute atomic E-state index is 15.6. The number of para-hydroxylation sites is 1. The van der Waals surface area contributed by atoms with Crippen LogP contribution in [0.25, 0.3) is 22.1 Å². The van der Waals surface area contributed by atoms with Crippen LogP contribution >= 0.6 is 11.8 Å². The van der Waals surface area contributed by atoms with Crippen LogP contribution in [0.15, 0.2) is 118 Å². The van der Waals surface area contributed by atoms with Crippen molar-refractivity contribution >= 4 is 151 Å². The van der Waals surface area contributed by atoms with Crippen LogP contribution in [0.4, 0.5) is 23.0 Å². The van der Waals surface area contributed by atoms with Crippen LogP contribution in [0.1, 0.15) is 162 Å². The molecule has 1 aliphatic carbocycles. The normalized spacial score (nSPS) is 24.2. The van der Waals surface area contributed by atoms with Gasteiger partial charge < -0.3 is 110 Å². The van der Waals surface area contributed by atoms with E-state index in [2.05, 4.69) is 93.5 Å². The van der Waals surface area contributed by atoms with E-state index in [0.29, 0.717) is 116 Å². The number of nitrogens with two attached hydrogens (primary N) is 3. The Kier molecular flexibility index (Phi) is 33.1. The Hall–Kier alpha value is -14.4. The molecule has 3 aromatic heterocycles. The number of H-pyrrole nitrogens is 2. The number of guanidine groups is 1. The number of amides is 8. The summed E-state index contributed by atoms with van der Waals surface area (Å²) in [6.45, 7) is 11.8. The predicted molar refractivity (Wildman–Crippen MR) is 527 cm³/mol. The standard InChI is InChI=1S/C67H82N10O17S.C30H40N12O7/c1-8-63(91)30-36-31-66(62(90)94-7,53-40(19-23-75(32-36)34-63)39-13-10-11-14-43(39)69-53)42-25-41-47(28-48(42)93-6)74(5)59-65(41)21-24-76-22-12-20-64(9-2,58(65)76)60(88)67(59,92)61(89)73-72-35(3)37-15-17-38(18-16-37)77-50(78)29-49(56(77)85)95-33-46(57(86)87)71-55(84)45(27-52(81)82)70-54(83)44(68-4)26-51(79)80;1-15(5-10-22(44)39-21(12-23(45)46)27(48)40-20(16(2)43)4-3-11-34-29(31)32)37-26(47)17-6-8-18(9-7-17)35-13-19-14-36-25-24(38-19)28(49)42-30(33)41-25/h10-18,20,25,28,36,44-46,49,58-60,68-69,88,91-92H,8-9,19,21-24,26-27,29-34H2,1-7H3,(H,70,83)(H,71,84)(H,73,89)(H,79,80)(H,81,82)(H,86,87);6-9,14-15,20-21,35H,3-5,10-13H2,1-2H3,(H,37,47)(H,39,44)(H,40,48)(H,45,46)(H4,31,32,34)(H3,33,36,41,42,49)/b72-35+;/t36-,44+,45+,46+,49?,58+,59-,60-,63+,64-,65-,66+,67+;15-,20+,21+/m11/s1. The molecule has 2 unspecified atom stereocenters. The molecule has 8 amide bonds. The second-order valence-electron chi connectivity index (χ2n) is 37.6. The van der Waals surface area contributed by atoms with Crippen LogP contribution in [0.5, 0.6) is 5.75 Å². The van der Waals surface area contributed by atoms with Crippen LogP contribution in [-0.2, 0) is 90.9 Å². The number of hydrogen-bond acceptors (Lipinski definition) is 32. The number of carboxylic acid groups (broad SMARTS) is 4. The molecule has 3 saturated heterocycles. The third kappa shape index (κ3) is 22.2. The molecule has 7 aliphatic rings. The Morgan fingerprint density at radius 3 is 2.06 bits per heavy atom. The lowest BCUT2D eigenvalue weighted by molar-refractivity contribution is -0.203. The highest BCUT2D eigenvalue weighted by Gasteiger charge is 2.79. The van der Waals surface area contributed by atoms with Crippen molar-refractivity contribution in [1.29, 1.82) is 0 Å². The van der Waals surface area contributed by atoms with Gasteiger partial charge in [0, 0.05) is 126 Å². The first-order valence-corrected chi connectivity index (χ1v) is 48.3. The average Bonchev–Trinajstić information content (AvgIpc) is 1.47. The average molecular weight is 2010 g/mol. The lowest BCUT2D eigenvalue weighted by Crippen LogP contribution is -2.81. The number of esters is 1. The topological polar surface area (TPSA) is 698 Å². The highest BCUT2D eigenvalue weighted by Crippen LogP contribution is 2.68. The molecule has 7 aromatic rings. The number of likely N-dealkylation sites (N-methyl/N-ethyl adjacent to an activating group) is 2. The van der Waals surface area contributed by atoms with Gasteiger partial charge in [-0.2, -0.15) is 10.1 Å². The van der Waals surface area contributed by atoms with Gasteiger partial charge in [-0.15, -0.1) is 11.8 Å². The van der Waals surface area contributed by atoms with Crippen molar-refractivity contribution in [2.45, 2.75) is 213 Å². The number of nitrogen functional groups attached to an aromatic ring is 1. The van der Waals surface area contributed by atoms with E-state index in [1.54, 1.807) is 64.4 Å². The number of piperidine rings is 1. The molecule has 1 spiro atoms. The Bertz CT molecular complexity index is 6300. The van der Waals surface area contributed by atoms with Crippen LogP contribution in [0.3, 0.4) is 0 Å². The summed E-state index contributed by atoms with van der Waals surface area (Å²) < 4.78 is 12.4. The van der Waals surface area contributed by atoms with E-state index >= 15 is 9.59 Å². The summed E-state index contributed by atoms with van der Waals surface area (Å²) in [5, 5.41) is 99.0. The number of aliphatic hydroxyl groups excluding tert-OH is 1. The summed E-state index contributed by atoms with van der Waals surface area (Å²) in [4.78, 5) is 223. The van der Waals surface area contributed by atoms with E-state index in [1.165, 1.54) is 39.4 Å². The zero-order valence-electron chi connectivity index (χ0n) is 81.0. The number of rotatable bonds is 40. The number of aliphatic carboxylic acids is 4. The van der Waals surface area contributed by atoms with Crippen LogP contribution < -0.4 is 79.9 Å². The van der Waals surface area contributed by atoms with Gasteiger partial charge >= 0.3 is 29.8 Å². The van der Waals surface area contributed by atoms with Crippen molar-refractivity contribution in [2.24, 2.45) is 32.9 Å². The first kappa shape index (κ1) is 107. The van der Waals surface area contributed by atoms with Gasteiger partial charge in [-0.3, -0.25) is 86.9 Å². The largest absolute Gasteiger partial charge is 0.496 e. The summed E-state index contributed by atoms with van der Waals surface area (Å²) in [5.41, 5.74) is 17.7. The molecule has 770 valence electrons. The van der Waals surface area contributed by atoms with Crippen LogP contribution in [0.2, 0.25) is 0 Å². The quantitative estimate of drug-likeness (QED) is 0.00476. The molecule has 0 radical (unpaired) electrons. The number of carbonyl (C=O) groups excluding carboxylic acids is 10. The number of fused-ring (bicyclic) bond motifs is 7. The molecule has 9 heterocycles. The number of carboxylic acids is 4. The van der Waals surface area contributed by atoms with E-state index < -0.39 is 189 Å². The Balaban J connectivity index is 0.000000299. The number of thioether (sulfide) groups is 1. The van der Waals surface area contributed by atoms with Gasteiger partial charge in [0.05, 0.1) is 92.3 Å². The number of benzene rings is 4. The van der Waals surface area contributed by atoms with Gasteiger partial charge in [0.2, 0.25) is 41.4 Å². The molecule has 17 atom stereocenters. The number of anilines is 4. The lowest BCUT2D eigenvalue weighted by atomic mass is 9.47. The number of aliphatic hydroxyl groups is 3. The maximum Gasteiger partial charge on any atom is 0.327 e.